The fourth-order valence-corrected chi connectivity index (χ4v) is 4.95. The number of nitrogens with two attached hydrogens (primary N) is 1. The number of rotatable bonds is 8. The molecule has 1 fully saturated rings. The predicted molar refractivity (Wildman–Crippen MR) is 145 cm³/mol. The minimum atomic E-state index is -1.01. The van der Waals surface area contributed by atoms with Crippen LogP contribution in [0.3, 0.4) is 0 Å². The molecule has 0 aliphatic carbocycles. The molecule has 11 heteroatoms. The van der Waals surface area contributed by atoms with Gasteiger partial charge in [0.05, 0.1) is 12.0 Å². The van der Waals surface area contributed by atoms with Crippen molar-refractivity contribution in [1.29, 1.82) is 0 Å². The van der Waals surface area contributed by atoms with E-state index in [2.05, 4.69) is 15.3 Å². The lowest BCUT2D eigenvalue weighted by Gasteiger charge is -2.45. The zero-order chi connectivity index (χ0) is 27.6. The van der Waals surface area contributed by atoms with Gasteiger partial charge in [0.2, 0.25) is 11.9 Å². The summed E-state index contributed by atoms with van der Waals surface area (Å²) in [6, 6.07) is 7.03. The summed E-state index contributed by atoms with van der Waals surface area (Å²) in [5.74, 6) is -0.861. The number of aryl methyl sites for hydroxylation is 2. The molecule has 1 aliphatic rings. The molecule has 3 N–H and O–H groups in total. The summed E-state index contributed by atoms with van der Waals surface area (Å²) in [7, 11) is 3.35. The van der Waals surface area contributed by atoms with E-state index in [4.69, 9.17) is 17.3 Å². The molecule has 1 unspecified atom stereocenters. The van der Waals surface area contributed by atoms with E-state index in [-0.39, 0.29) is 12.5 Å². The van der Waals surface area contributed by atoms with Crippen LogP contribution in [0, 0.1) is 12.8 Å². The minimum Gasteiger partial charge on any atom is -0.384 e. The lowest BCUT2D eigenvalue weighted by molar-refractivity contribution is -0.156. The Hall–Kier alpha value is -3.92. The van der Waals surface area contributed by atoms with Crippen molar-refractivity contribution in [3.8, 4) is 0 Å². The third-order valence-electron chi connectivity index (χ3n) is 6.89. The molecule has 0 spiro atoms. The average molecular weight is 538 g/mol. The number of likely N-dealkylation sites (N-methyl/N-ethyl adjacent to an activating group) is 1. The number of nitrogen functional groups attached to an aromatic ring is 1. The fraction of sp³-hybridized carbons (Fsp3) is 0.370. The van der Waals surface area contributed by atoms with Crippen LogP contribution in [0.25, 0.3) is 0 Å². The Morgan fingerprint density at radius 2 is 1.97 bits per heavy atom. The highest BCUT2D eigenvalue weighted by atomic mass is 35.5. The molecule has 4 amide bonds. The number of urea groups is 1. The Morgan fingerprint density at radius 3 is 2.61 bits per heavy atom. The van der Waals surface area contributed by atoms with Crippen molar-refractivity contribution >= 4 is 41.2 Å². The topological polar surface area (TPSA) is 126 Å². The lowest BCUT2D eigenvalue weighted by Crippen LogP contribution is -2.70. The summed E-state index contributed by atoms with van der Waals surface area (Å²) in [5.41, 5.74) is 8.34. The number of aromatic nitrogens is 3. The minimum absolute atomic E-state index is 0.242. The van der Waals surface area contributed by atoms with Crippen LogP contribution in [0.15, 0.2) is 48.9 Å². The van der Waals surface area contributed by atoms with E-state index in [1.807, 2.05) is 32.0 Å². The molecular weight excluding hydrogens is 506 g/mol. The molecule has 4 rings (SSSR count). The van der Waals surface area contributed by atoms with E-state index < -0.39 is 29.8 Å². The number of nitrogens with zero attached hydrogens (tertiary/aromatic N) is 5. The Morgan fingerprint density at radius 1 is 1.21 bits per heavy atom. The summed E-state index contributed by atoms with van der Waals surface area (Å²) in [6.07, 6.45) is 6.52. The quantitative estimate of drug-likeness (QED) is 0.422. The number of anilines is 2. The van der Waals surface area contributed by atoms with Crippen LogP contribution in [0.1, 0.15) is 42.5 Å². The Bertz CT molecular complexity index is 1360. The molecule has 3 aromatic rings. The first-order chi connectivity index (χ1) is 18.1. The molecule has 3 atom stereocenters. The average Bonchev–Trinajstić information content (AvgIpc) is 3.31. The molecule has 0 radical (unpaired) electrons. The third kappa shape index (κ3) is 5.35. The third-order valence-corrected chi connectivity index (χ3v) is 7.29. The molecule has 0 saturated carbocycles. The first-order valence-corrected chi connectivity index (χ1v) is 12.8. The Balaban J connectivity index is 1.62. The smallest absolute Gasteiger partial charge is 0.325 e. The van der Waals surface area contributed by atoms with Crippen LogP contribution in [0.4, 0.5) is 16.6 Å². The van der Waals surface area contributed by atoms with E-state index in [0.717, 1.165) is 28.0 Å². The number of benzene rings is 1. The summed E-state index contributed by atoms with van der Waals surface area (Å²) in [5, 5.41) is 3.56. The Labute approximate surface area is 226 Å². The largest absolute Gasteiger partial charge is 0.384 e. The highest BCUT2D eigenvalue weighted by molar-refractivity contribution is 6.31. The van der Waals surface area contributed by atoms with Gasteiger partial charge in [-0.05, 0) is 54.7 Å². The molecular formula is C27H32ClN7O3. The van der Waals surface area contributed by atoms with Crippen molar-refractivity contribution in [2.24, 2.45) is 13.0 Å². The number of halogens is 1. The SMILES string of the molecule is CCCC(NC(=O)N1C(=O)[C@H](Cc2ccnc(N)c2)[C@H]1C(=O)N(C)c1nccn1C)c1ccc(C)c(Cl)c1. The van der Waals surface area contributed by atoms with Crippen LogP contribution in [0.5, 0.6) is 0 Å². The van der Waals surface area contributed by atoms with E-state index in [1.165, 1.54) is 4.90 Å². The van der Waals surface area contributed by atoms with Crippen LogP contribution < -0.4 is 16.0 Å². The molecule has 3 heterocycles. The molecule has 1 aromatic carbocycles. The second-order valence-electron chi connectivity index (χ2n) is 9.59. The van der Waals surface area contributed by atoms with Crippen molar-refractivity contribution < 1.29 is 14.4 Å². The maximum Gasteiger partial charge on any atom is 0.325 e. The fourth-order valence-electron chi connectivity index (χ4n) is 4.76. The highest BCUT2D eigenvalue weighted by Crippen LogP contribution is 2.33. The van der Waals surface area contributed by atoms with Gasteiger partial charge in [0.15, 0.2) is 0 Å². The number of hydrogen-bond acceptors (Lipinski definition) is 6. The van der Waals surface area contributed by atoms with Gasteiger partial charge in [-0.2, -0.15) is 0 Å². The highest BCUT2D eigenvalue weighted by Gasteiger charge is 2.55. The zero-order valence-electron chi connectivity index (χ0n) is 21.9. The number of amides is 4. The van der Waals surface area contributed by atoms with Gasteiger partial charge in [-0.1, -0.05) is 37.1 Å². The number of likely N-dealkylation sites (tertiary alicyclic amines) is 1. The van der Waals surface area contributed by atoms with Crippen LogP contribution in [-0.4, -0.2) is 50.4 Å². The van der Waals surface area contributed by atoms with E-state index in [0.29, 0.717) is 23.2 Å². The number of pyridine rings is 1. The van der Waals surface area contributed by atoms with Crippen LogP contribution >= 0.6 is 11.6 Å². The van der Waals surface area contributed by atoms with E-state index in [1.54, 1.807) is 49.4 Å². The lowest BCUT2D eigenvalue weighted by atomic mass is 9.81. The van der Waals surface area contributed by atoms with Crippen LogP contribution in [0.2, 0.25) is 5.02 Å². The Kier molecular flexibility index (Phi) is 8.01. The second kappa shape index (κ2) is 11.2. The maximum atomic E-state index is 13.7. The van der Waals surface area contributed by atoms with Crippen molar-refractivity contribution in [3.63, 3.8) is 0 Å². The second-order valence-corrected chi connectivity index (χ2v) is 9.99. The number of carbonyl (C=O) groups excluding carboxylic acids is 3. The standard InChI is InChI=1S/C27H32ClN7O3/c1-5-6-21(18-8-7-16(2)20(28)15-18)32-27(38)35-23(25(37)34(4)26-31-11-12-33(26)3)19(24(35)36)13-17-9-10-30-22(29)14-17/h7-12,14-15,19,21,23H,5-6,13H2,1-4H3,(H2,29,30)(H,32,38)/t19-,21?,23+/m1/s1. The van der Waals surface area contributed by atoms with Crippen molar-refractivity contribution in [1.82, 2.24) is 24.8 Å². The number of nitrogens with one attached hydrogen (secondary N) is 1. The van der Waals surface area contributed by atoms with E-state index >= 15 is 0 Å². The van der Waals surface area contributed by atoms with Gasteiger partial charge in [-0.15, -0.1) is 0 Å². The molecule has 10 nitrogen and oxygen atoms in total. The first-order valence-electron chi connectivity index (χ1n) is 12.5. The normalized spacial score (nSPS) is 17.6. The van der Waals surface area contributed by atoms with Gasteiger partial charge in [-0.3, -0.25) is 19.4 Å². The number of imidazole rings is 1. The molecule has 1 saturated heterocycles. The number of β-lactam (4-membered cyclic amide) rings is 1. The van der Waals surface area contributed by atoms with Gasteiger partial charge in [-0.25, -0.2) is 14.8 Å². The van der Waals surface area contributed by atoms with Gasteiger partial charge >= 0.3 is 6.03 Å². The summed E-state index contributed by atoms with van der Waals surface area (Å²) >= 11 is 6.34. The van der Waals surface area contributed by atoms with Crippen molar-refractivity contribution in [2.75, 3.05) is 17.7 Å². The summed E-state index contributed by atoms with van der Waals surface area (Å²) in [6.45, 7) is 3.91. The maximum absolute atomic E-state index is 13.7. The molecule has 38 heavy (non-hydrogen) atoms. The molecule has 200 valence electrons. The van der Waals surface area contributed by atoms with Gasteiger partial charge in [0, 0.05) is 37.7 Å². The van der Waals surface area contributed by atoms with Gasteiger partial charge in [0.1, 0.15) is 11.9 Å². The number of carbonyl (C=O) groups is 3. The van der Waals surface area contributed by atoms with Crippen LogP contribution in [-0.2, 0) is 23.1 Å². The predicted octanol–water partition coefficient (Wildman–Crippen LogP) is 3.64. The number of imide groups is 1. The summed E-state index contributed by atoms with van der Waals surface area (Å²) < 4.78 is 1.69. The van der Waals surface area contributed by atoms with Crippen molar-refractivity contribution in [2.45, 2.75) is 45.2 Å². The van der Waals surface area contributed by atoms with Gasteiger partial charge < -0.3 is 15.6 Å². The van der Waals surface area contributed by atoms with Gasteiger partial charge in [0.25, 0.3) is 5.91 Å². The molecule has 1 aliphatic heterocycles. The zero-order valence-corrected chi connectivity index (χ0v) is 22.6. The molecule has 2 aromatic heterocycles. The molecule has 0 bridgehead atoms. The first kappa shape index (κ1) is 27.1. The number of hydrogen-bond donors (Lipinski definition) is 2. The van der Waals surface area contributed by atoms with E-state index in [9.17, 15) is 14.4 Å². The van der Waals surface area contributed by atoms with Crippen molar-refractivity contribution in [3.05, 3.63) is 70.6 Å². The summed E-state index contributed by atoms with van der Waals surface area (Å²) in [4.78, 5) is 51.2. The monoisotopic (exact) mass is 537 g/mol.